The Balaban J connectivity index is 1.93. The van der Waals surface area contributed by atoms with Crippen LogP contribution in [0.5, 0.6) is 5.75 Å². The normalized spacial score (nSPS) is 17.5. The summed E-state index contributed by atoms with van der Waals surface area (Å²) in [6, 6.07) is 14.7. The molecule has 0 spiro atoms. The predicted octanol–water partition coefficient (Wildman–Crippen LogP) is 6.79. The fourth-order valence-electron chi connectivity index (χ4n) is 4.66. The lowest BCUT2D eigenvalue weighted by atomic mass is 10.0. The molecule has 208 valence electrons. The maximum Gasteiger partial charge on any atom is 0.573 e. The van der Waals surface area contributed by atoms with Gasteiger partial charge in [-0.2, -0.15) is 4.31 Å². The molecule has 1 N–H and O–H groups in total. The molecule has 0 unspecified atom stereocenters. The predicted molar refractivity (Wildman–Crippen MR) is 142 cm³/mol. The third-order valence-corrected chi connectivity index (χ3v) is 8.71. The largest absolute Gasteiger partial charge is 0.573 e. The maximum absolute atomic E-state index is 13.9. The summed E-state index contributed by atoms with van der Waals surface area (Å²) in [7, 11) is -2.54. The molecule has 1 heterocycles. The summed E-state index contributed by atoms with van der Waals surface area (Å²) >= 11 is 6.64. The van der Waals surface area contributed by atoms with Crippen molar-refractivity contribution in [2.75, 3.05) is 18.5 Å². The number of anilines is 2. The van der Waals surface area contributed by atoms with Gasteiger partial charge in [-0.3, -0.25) is 0 Å². The number of sulfonamides is 1. The van der Waals surface area contributed by atoms with E-state index < -0.39 is 33.7 Å². The zero-order valence-corrected chi connectivity index (χ0v) is 22.8. The Hall–Kier alpha value is -3.28. The van der Waals surface area contributed by atoms with Crippen molar-refractivity contribution in [3.8, 4) is 16.9 Å². The molecule has 0 aliphatic carbocycles. The lowest BCUT2D eigenvalue weighted by Crippen LogP contribution is -2.41. The van der Waals surface area contributed by atoms with E-state index in [1.54, 1.807) is 0 Å². The molecule has 0 bridgehead atoms. The summed E-state index contributed by atoms with van der Waals surface area (Å²) in [5.74, 6) is -2.35. The van der Waals surface area contributed by atoms with Gasteiger partial charge in [0.1, 0.15) is 16.2 Å². The van der Waals surface area contributed by atoms with Gasteiger partial charge in [0.05, 0.1) is 10.7 Å². The second kappa shape index (κ2) is 10.7. The van der Waals surface area contributed by atoms with Crippen molar-refractivity contribution in [2.45, 2.75) is 37.6 Å². The third kappa shape index (κ3) is 6.00. The number of nitrogens with zero attached hydrogens (tertiary/aromatic N) is 2. The smallest absolute Gasteiger partial charge is 0.478 e. The van der Waals surface area contributed by atoms with Gasteiger partial charge in [-0.05, 0) is 54.3 Å². The number of halogens is 4. The Kier molecular flexibility index (Phi) is 7.89. The second-order valence-electron chi connectivity index (χ2n) is 9.61. The fraction of sp³-hybridized carbons (Fsp3) is 0.296. The van der Waals surface area contributed by atoms with Crippen molar-refractivity contribution in [2.24, 2.45) is 5.92 Å². The van der Waals surface area contributed by atoms with Crippen molar-refractivity contribution in [3.63, 3.8) is 0 Å². The van der Waals surface area contributed by atoms with Crippen LogP contribution in [0.2, 0.25) is 5.02 Å². The minimum atomic E-state index is -5.10. The Morgan fingerprint density at radius 1 is 1.13 bits per heavy atom. The average molecular weight is 583 g/mol. The van der Waals surface area contributed by atoms with E-state index in [-0.39, 0.29) is 33.0 Å². The van der Waals surface area contributed by atoms with Crippen LogP contribution in [0.1, 0.15) is 30.6 Å². The number of rotatable bonds is 6. The SMILES string of the molecule is CC(C)C[C@@H]1CN(c2ccccc2)c2cc(Cl)c(-c3ccc(OC(F)(F)F)c(C(=O)O)c3)cc2S(=O)(=O)N1C. The lowest BCUT2D eigenvalue weighted by Gasteiger charge is -2.30. The van der Waals surface area contributed by atoms with Gasteiger partial charge in [-0.1, -0.05) is 49.7 Å². The van der Waals surface area contributed by atoms with Crippen molar-refractivity contribution in [3.05, 3.63) is 71.2 Å². The minimum Gasteiger partial charge on any atom is -0.478 e. The number of carboxylic acid groups (broad SMARTS) is 1. The number of benzene rings is 3. The number of hydrogen-bond acceptors (Lipinski definition) is 5. The van der Waals surface area contributed by atoms with Gasteiger partial charge in [0.25, 0.3) is 0 Å². The van der Waals surface area contributed by atoms with Crippen molar-refractivity contribution >= 4 is 39.0 Å². The van der Waals surface area contributed by atoms with Crippen molar-refractivity contribution < 1.29 is 36.2 Å². The molecule has 1 aliphatic rings. The molecule has 0 amide bonds. The van der Waals surface area contributed by atoms with E-state index in [4.69, 9.17) is 11.6 Å². The number of aromatic carboxylic acids is 1. The van der Waals surface area contributed by atoms with Crippen molar-refractivity contribution in [1.82, 2.24) is 4.31 Å². The number of hydrogen-bond donors (Lipinski definition) is 1. The molecule has 0 aromatic heterocycles. The first-order valence-electron chi connectivity index (χ1n) is 12.0. The van der Waals surface area contributed by atoms with Crippen LogP contribution in [0.25, 0.3) is 11.1 Å². The molecule has 7 nitrogen and oxygen atoms in total. The third-order valence-electron chi connectivity index (χ3n) is 6.46. The second-order valence-corrected chi connectivity index (χ2v) is 12.0. The van der Waals surface area contributed by atoms with Crippen LogP contribution in [0, 0.1) is 5.92 Å². The number of ether oxygens (including phenoxy) is 1. The first kappa shape index (κ1) is 28.7. The van der Waals surface area contributed by atoms with Gasteiger partial charge < -0.3 is 14.7 Å². The van der Waals surface area contributed by atoms with Crippen LogP contribution in [-0.4, -0.2) is 49.8 Å². The molecule has 0 radical (unpaired) electrons. The first-order valence-corrected chi connectivity index (χ1v) is 13.8. The van der Waals surface area contributed by atoms with Crippen LogP contribution < -0.4 is 9.64 Å². The number of carboxylic acids is 1. The summed E-state index contributed by atoms with van der Waals surface area (Å²) in [5.41, 5.74) is 0.594. The fourth-order valence-corrected chi connectivity index (χ4v) is 6.48. The van der Waals surface area contributed by atoms with Gasteiger partial charge in [0.15, 0.2) is 0 Å². The maximum atomic E-state index is 13.9. The molecule has 0 saturated heterocycles. The van der Waals surface area contributed by atoms with Gasteiger partial charge in [-0.25, -0.2) is 13.2 Å². The molecule has 4 rings (SSSR count). The number of fused-ring (bicyclic) bond motifs is 1. The average Bonchev–Trinajstić information content (AvgIpc) is 2.92. The van der Waals surface area contributed by atoms with Gasteiger partial charge >= 0.3 is 12.3 Å². The molecule has 0 saturated carbocycles. The van der Waals surface area contributed by atoms with E-state index in [0.717, 1.165) is 17.8 Å². The lowest BCUT2D eigenvalue weighted by molar-refractivity contribution is -0.274. The van der Waals surface area contributed by atoms with Crippen LogP contribution >= 0.6 is 11.6 Å². The summed E-state index contributed by atoms with van der Waals surface area (Å²) in [6.45, 7) is 4.37. The highest BCUT2D eigenvalue weighted by molar-refractivity contribution is 7.89. The molecule has 0 fully saturated rings. The summed E-state index contributed by atoms with van der Waals surface area (Å²) in [5, 5.41) is 9.62. The van der Waals surface area contributed by atoms with Gasteiger partial charge in [0, 0.05) is 30.9 Å². The molecular formula is C27H26ClF3N2O5S. The molecular weight excluding hydrogens is 557 g/mol. The van der Waals surface area contributed by atoms with E-state index in [0.29, 0.717) is 18.7 Å². The number of likely N-dealkylation sites (N-methyl/N-ethyl adjacent to an activating group) is 1. The standard InChI is InChI=1S/C27H26ClF3N2O5S/c1-16(2)11-19-15-33(18-7-5-4-6-8-18)23-14-22(28)20(13-25(23)39(36,37)32(19)3)17-9-10-24(38-27(29,30)31)21(12-17)26(34)35/h4-10,12-14,16,19H,11,15H2,1-3H3,(H,34,35)/t19-/m1/s1. The molecule has 12 heteroatoms. The number of carbonyl (C=O) groups is 1. The molecule has 39 heavy (non-hydrogen) atoms. The minimum absolute atomic E-state index is 0.0630. The molecule has 3 aromatic rings. The summed E-state index contributed by atoms with van der Waals surface area (Å²) in [4.78, 5) is 13.5. The van der Waals surface area contributed by atoms with Crippen LogP contribution in [0.3, 0.4) is 0 Å². The zero-order valence-electron chi connectivity index (χ0n) is 21.2. The number of para-hydroxylation sites is 1. The van der Waals surface area contributed by atoms with E-state index in [1.165, 1.54) is 29.6 Å². The van der Waals surface area contributed by atoms with Gasteiger partial charge in [0.2, 0.25) is 10.0 Å². The monoisotopic (exact) mass is 582 g/mol. The first-order chi connectivity index (χ1) is 18.2. The molecule has 1 aliphatic heterocycles. The molecule has 1 atom stereocenters. The Morgan fingerprint density at radius 2 is 1.79 bits per heavy atom. The quantitative estimate of drug-likeness (QED) is 0.344. The highest BCUT2D eigenvalue weighted by Crippen LogP contribution is 2.44. The van der Waals surface area contributed by atoms with Crippen LogP contribution in [0.4, 0.5) is 24.5 Å². The highest BCUT2D eigenvalue weighted by atomic mass is 35.5. The van der Waals surface area contributed by atoms with E-state index >= 15 is 0 Å². The van der Waals surface area contributed by atoms with Gasteiger partial charge in [-0.15, -0.1) is 13.2 Å². The zero-order chi connectivity index (χ0) is 28.7. The summed E-state index contributed by atoms with van der Waals surface area (Å²) < 4.78 is 71.4. The Morgan fingerprint density at radius 3 is 2.38 bits per heavy atom. The van der Waals surface area contributed by atoms with E-state index in [2.05, 4.69) is 4.74 Å². The van der Waals surface area contributed by atoms with Crippen molar-refractivity contribution in [1.29, 1.82) is 0 Å². The van der Waals surface area contributed by atoms with Crippen LogP contribution in [0.15, 0.2) is 65.6 Å². The Labute approximate surface area is 229 Å². The molecule has 3 aromatic carbocycles. The van der Waals surface area contributed by atoms with E-state index in [9.17, 15) is 31.5 Å². The summed E-state index contributed by atoms with van der Waals surface area (Å²) in [6.07, 6.45) is -4.50. The highest BCUT2D eigenvalue weighted by Gasteiger charge is 2.38. The van der Waals surface area contributed by atoms with E-state index in [1.807, 2.05) is 49.1 Å². The number of alkyl halides is 3. The Bertz CT molecular complexity index is 1500. The van der Waals surface area contributed by atoms with Crippen LogP contribution in [-0.2, 0) is 10.0 Å². The topological polar surface area (TPSA) is 87.1 Å².